The van der Waals surface area contributed by atoms with Crippen molar-refractivity contribution in [1.82, 2.24) is 9.97 Å². The lowest BCUT2D eigenvalue weighted by molar-refractivity contribution is 1.22. The molecule has 0 spiro atoms. The SMILES string of the molecule is Clc1cccnc1-c1[c]ccc(Br)n1. The fourth-order valence-corrected chi connectivity index (χ4v) is 1.57. The first kappa shape index (κ1) is 9.62. The highest BCUT2D eigenvalue weighted by atomic mass is 79.9. The van der Waals surface area contributed by atoms with Gasteiger partial charge in [0.15, 0.2) is 0 Å². The summed E-state index contributed by atoms with van der Waals surface area (Å²) in [6.45, 7) is 0. The molecule has 14 heavy (non-hydrogen) atoms. The van der Waals surface area contributed by atoms with Crippen LogP contribution in [-0.2, 0) is 0 Å². The fourth-order valence-electron chi connectivity index (χ4n) is 1.05. The van der Waals surface area contributed by atoms with E-state index in [0.717, 1.165) is 4.60 Å². The summed E-state index contributed by atoms with van der Waals surface area (Å²) < 4.78 is 0.743. The Kier molecular flexibility index (Phi) is 2.79. The predicted molar refractivity (Wildman–Crippen MR) is 59.0 cm³/mol. The van der Waals surface area contributed by atoms with Gasteiger partial charge in [-0.3, -0.25) is 4.98 Å². The Bertz CT molecular complexity index is 459. The van der Waals surface area contributed by atoms with Gasteiger partial charge in [0.25, 0.3) is 0 Å². The van der Waals surface area contributed by atoms with Crippen LogP contribution >= 0.6 is 27.5 Å². The molecule has 2 aromatic rings. The van der Waals surface area contributed by atoms with Crippen molar-refractivity contribution in [2.24, 2.45) is 0 Å². The van der Waals surface area contributed by atoms with Gasteiger partial charge in [0.2, 0.25) is 0 Å². The van der Waals surface area contributed by atoms with Gasteiger partial charge in [-0.15, -0.1) is 0 Å². The number of rotatable bonds is 1. The molecule has 0 aliphatic rings. The van der Waals surface area contributed by atoms with Crippen LogP contribution in [0.3, 0.4) is 0 Å². The fraction of sp³-hybridized carbons (Fsp3) is 0. The van der Waals surface area contributed by atoms with Crippen molar-refractivity contribution in [3.8, 4) is 11.4 Å². The third-order valence-corrected chi connectivity index (χ3v) is 2.39. The second kappa shape index (κ2) is 4.07. The average Bonchev–Trinajstić information content (AvgIpc) is 2.18. The normalized spacial score (nSPS) is 10.1. The molecule has 2 nitrogen and oxygen atoms in total. The van der Waals surface area contributed by atoms with E-state index in [1.807, 2.05) is 0 Å². The molecule has 69 valence electrons. The Morgan fingerprint density at radius 1 is 1.36 bits per heavy atom. The van der Waals surface area contributed by atoms with Gasteiger partial charge in [-0.25, -0.2) is 4.98 Å². The molecule has 2 aromatic heterocycles. The van der Waals surface area contributed by atoms with Crippen LogP contribution in [0.5, 0.6) is 0 Å². The first-order chi connectivity index (χ1) is 6.77. The molecule has 0 aromatic carbocycles. The highest BCUT2D eigenvalue weighted by Gasteiger charge is 2.05. The molecule has 0 aliphatic carbocycles. The zero-order chi connectivity index (χ0) is 9.97. The third-order valence-electron chi connectivity index (χ3n) is 1.64. The summed E-state index contributed by atoms with van der Waals surface area (Å²) in [5, 5.41) is 0.578. The van der Waals surface area contributed by atoms with Crippen LogP contribution in [-0.4, -0.2) is 9.97 Å². The maximum absolute atomic E-state index is 5.97. The standard InChI is InChI=1S/C10H5BrClN2/c11-9-5-1-4-8(14-9)10-7(12)3-2-6-13-10/h1-3,5-6H. The van der Waals surface area contributed by atoms with Crippen molar-refractivity contribution in [1.29, 1.82) is 0 Å². The van der Waals surface area contributed by atoms with E-state index in [1.54, 1.807) is 30.5 Å². The molecule has 2 heterocycles. The first-order valence-electron chi connectivity index (χ1n) is 3.92. The summed E-state index contributed by atoms with van der Waals surface area (Å²) in [6.07, 6.45) is 1.68. The predicted octanol–water partition coefficient (Wildman–Crippen LogP) is 3.36. The van der Waals surface area contributed by atoms with Gasteiger partial charge in [0.05, 0.1) is 10.7 Å². The van der Waals surface area contributed by atoms with Crippen molar-refractivity contribution < 1.29 is 0 Å². The van der Waals surface area contributed by atoms with Crippen LogP contribution in [0, 0.1) is 6.07 Å². The van der Waals surface area contributed by atoms with Gasteiger partial charge in [-0.1, -0.05) is 11.6 Å². The molecule has 0 fully saturated rings. The van der Waals surface area contributed by atoms with Gasteiger partial charge in [0, 0.05) is 12.3 Å². The zero-order valence-corrected chi connectivity index (χ0v) is 9.38. The summed E-state index contributed by atoms with van der Waals surface area (Å²) in [5.74, 6) is 0. The van der Waals surface area contributed by atoms with Gasteiger partial charge >= 0.3 is 0 Å². The molecule has 2 rings (SSSR count). The van der Waals surface area contributed by atoms with Crippen molar-refractivity contribution in [2.75, 3.05) is 0 Å². The molecular formula is C10H5BrClN2. The van der Waals surface area contributed by atoms with E-state index < -0.39 is 0 Å². The van der Waals surface area contributed by atoms with E-state index in [9.17, 15) is 0 Å². The van der Waals surface area contributed by atoms with E-state index in [1.165, 1.54) is 0 Å². The van der Waals surface area contributed by atoms with Crippen LogP contribution in [0.25, 0.3) is 11.4 Å². The van der Waals surface area contributed by atoms with E-state index in [0.29, 0.717) is 16.4 Å². The monoisotopic (exact) mass is 267 g/mol. The topological polar surface area (TPSA) is 25.8 Å². The molecule has 0 N–H and O–H groups in total. The number of pyridine rings is 2. The molecule has 0 saturated carbocycles. The highest BCUT2D eigenvalue weighted by molar-refractivity contribution is 9.10. The Labute approximate surface area is 95.1 Å². The maximum atomic E-state index is 5.97. The minimum atomic E-state index is 0.578. The summed E-state index contributed by atoms with van der Waals surface area (Å²) in [5.41, 5.74) is 1.29. The summed E-state index contributed by atoms with van der Waals surface area (Å²) >= 11 is 9.26. The van der Waals surface area contributed by atoms with Crippen LogP contribution in [0.1, 0.15) is 0 Å². The molecule has 4 heteroatoms. The lowest BCUT2D eigenvalue weighted by Gasteiger charge is -2.01. The van der Waals surface area contributed by atoms with Crippen LogP contribution in [0.4, 0.5) is 0 Å². The number of aromatic nitrogens is 2. The number of hydrogen-bond donors (Lipinski definition) is 0. The summed E-state index contributed by atoms with van der Waals surface area (Å²) in [4.78, 5) is 8.36. The molecular weight excluding hydrogens is 263 g/mol. The van der Waals surface area contributed by atoms with E-state index in [-0.39, 0.29) is 0 Å². The van der Waals surface area contributed by atoms with E-state index >= 15 is 0 Å². The lowest BCUT2D eigenvalue weighted by Crippen LogP contribution is -1.88. The van der Waals surface area contributed by atoms with Gasteiger partial charge < -0.3 is 0 Å². The van der Waals surface area contributed by atoms with Gasteiger partial charge in [-0.2, -0.15) is 0 Å². The van der Waals surface area contributed by atoms with Crippen molar-refractivity contribution in [3.63, 3.8) is 0 Å². The van der Waals surface area contributed by atoms with Gasteiger partial charge in [0.1, 0.15) is 10.3 Å². The lowest BCUT2D eigenvalue weighted by atomic mass is 10.2. The van der Waals surface area contributed by atoms with Crippen molar-refractivity contribution in [3.05, 3.63) is 46.2 Å². The van der Waals surface area contributed by atoms with Crippen LogP contribution in [0.15, 0.2) is 35.1 Å². The van der Waals surface area contributed by atoms with Crippen molar-refractivity contribution in [2.45, 2.75) is 0 Å². The summed E-state index contributed by atoms with van der Waals surface area (Å²) in [6, 6.07) is 10.1. The Morgan fingerprint density at radius 2 is 2.21 bits per heavy atom. The largest absolute Gasteiger partial charge is 0.253 e. The second-order valence-electron chi connectivity index (χ2n) is 2.59. The first-order valence-corrected chi connectivity index (χ1v) is 5.09. The second-order valence-corrected chi connectivity index (χ2v) is 3.81. The van der Waals surface area contributed by atoms with Crippen molar-refractivity contribution >= 4 is 27.5 Å². The molecule has 0 unspecified atom stereocenters. The number of halogens is 2. The third kappa shape index (κ3) is 1.94. The maximum Gasteiger partial charge on any atom is 0.108 e. The molecule has 0 bridgehead atoms. The number of hydrogen-bond acceptors (Lipinski definition) is 2. The molecule has 0 amide bonds. The number of nitrogens with zero attached hydrogens (tertiary/aromatic N) is 2. The van der Waals surface area contributed by atoms with E-state index in [2.05, 4.69) is 32.0 Å². The Hall–Kier alpha value is -0.930. The van der Waals surface area contributed by atoms with Crippen LogP contribution < -0.4 is 0 Å². The van der Waals surface area contributed by atoms with Gasteiger partial charge in [-0.05, 0) is 40.2 Å². The quantitative estimate of drug-likeness (QED) is 0.741. The molecule has 0 atom stereocenters. The van der Waals surface area contributed by atoms with E-state index in [4.69, 9.17) is 11.6 Å². The average molecular weight is 269 g/mol. The minimum absolute atomic E-state index is 0.578. The molecule has 1 radical (unpaired) electrons. The highest BCUT2D eigenvalue weighted by Crippen LogP contribution is 2.23. The minimum Gasteiger partial charge on any atom is -0.253 e. The molecule has 0 aliphatic heterocycles. The Morgan fingerprint density at radius 3 is 2.93 bits per heavy atom. The smallest absolute Gasteiger partial charge is 0.108 e. The zero-order valence-electron chi connectivity index (χ0n) is 7.04. The van der Waals surface area contributed by atoms with Crippen LogP contribution in [0.2, 0.25) is 5.02 Å². The Balaban J connectivity index is 2.55. The molecule has 0 saturated heterocycles. The summed E-state index contributed by atoms with van der Waals surface area (Å²) in [7, 11) is 0.